The van der Waals surface area contributed by atoms with Gasteiger partial charge in [0.25, 0.3) is 0 Å². The van der Waals surface area contributed by atoms with Crippen LogP contribution < -0.4 is 5.43 Å². The number of hydrazone groups is 1. The number of nitrogens with zero attached hydrogens (tertiary/aromatic N) is 1. The molecule has 0 bridgehead atoms. The number of benzene rings is 2. The lowest BCUT2D eigenvalue weighted by molar-refractivity contribution is 0.625. The van der Waals surface area contributed by atoms with Crippen LogP contribution in [0.25, 0.3) is 0 Å². The molecule has 2 aromatic carbocycles. The van der Waals surface area contributed by atoms with E-state index in [1.54, 1.807) is 49.4 Å². The van der Waals surface area contributed by atoms with Crippen molar-refractivity contribution >= 4 is 23.0 Å². The Bertz CT molecular complexity index is 564. The van der Waals surface area contributed by atoms with Crippen LogP contribution in [0.4, 0.5) is 10.1 Å². The van der Waals surface area contributed by atoms with Gasteiger partial charge in [-0.15, -0.1) is 0 Å². The van der Waals surface area contributed by atoms with Gasteiger partial charge >= 0.3 is 0 Å². The molecule has 18 heavy (non-hydrogen) atoms. The fourth-order valence-electron chi connectivity index (χ4n) is 1.49. The van der Waals surface area contributed by atoms with Gasteiger partial charge in [0.2, 0.25) is 0 Å². The summed E-state index contributed by atoms with van der Waals surface area (Å²) in [6.07, 6.45) is 0. The van der Waals surface area contributed by atoms with Crippen molar-refractivity contribution in [3.63, 3.8) is 0 Å². The molecule has 92 valence electrons. The first-order valence-electron chi connectivity index (χ1n) is 5.47. The molecule has 2 aromatic rings. The third-order valence-corrected chi connectivity index (χ3v) is 2.71. The molecule has 0 aliphatic carbocycles. The van der Waals surface area contributed by atoms with E-state index in [1.807, 2.05) is 0 Å². The molecule has 1 N–H and O–H groups in total. The van der Waals surface area contributed by atoms with Gasteiger partial charge in [-0.2, -0.15) is 5.10 Å². The van der Waals surface area contributed by atoms with Gasteiger partial charge in [-0.25, -0.2) is 4.39 Å². The van der Waals surface area contributed by atoms with Crippen molar-refractivity contribution in [3.05, 3.63) is 64.9 Å². The molecular weight excluding hydrogens is 251 g/mol. The summed E-state index contributed by atoms with van der Waals surface area (Å²) < 4.78 is 13.5. The van der Waals surface area contributed by atoms with Crippen molar-refractivity contribution in [1.82, 2.24) is 0 Å². The zero-order valence-corrected chi connectivity index (χ0v) is 10.6. The van der Waals surface area contributed by atoms with Crippen molar-refractivity contribution in [3.8, 4) is 0 Å². The molecule has 0 radical (unpaired) electrons. The van der Waals surface area contributed by atoms with E-state index in [-0.39, 0.29) is 5.82 Å². The van der Waals surface area contributed by atoms with Crippen LogP contribution in [0.5, 0.6) is 0 Å². The van der Waals surface area contributed by atoms with Crippen LogP contribution in [0.15, 0.2) is 53.6 Å². The van der Waals surface area contributed by atoms with Crippen molar-refractivity contribution in [1.29, 1.82) is 0 Å². The standard InChI is InChI=1S/C14H12ClFN2/c1-10(13-4-2-3-5-14(13)16)17-18-12-8-6-11(15)7-9-12/h2-9,18H,1H3/b17-10-. The molecule has 0 aromatic heterocycles. The molecule has 0 aliphatic heterocycles. The molecular formula is C14H12ClFN2. The summed E-state index contributed by atoms with van der Waals surface area (Å²) >= 11 is 5.78. The zero-order chi connectivity index (χ0) is 13.0. The number of halogens is 2. The highest BCUT2D eigenvalue weighted by molar-refractivity contribution is 6.30. The Labute approximate surface area is 110 Å². The summed E-state index contributed by atoms with van der Waals surface area (Å²) in [7, 11) is 0. The predicted octanol–water partition coefficient (Wildman–Crippen LogP) is 4.32. The summed E-state index contributed by atoms with van der Waals surface area (Å²) in [5.74, 6) is -0.281. The van der Waals surface area contributed by atoms with Gasteiger partial charge in [-0.3, -0.25) is 5.43 Å². The lowest BCUT2D eigenvalue weighted by Crippen LogP contribution is -2.02. The second kappa shape index (κ2) is 5.65. The van der Waals surface area contributed by atoms with E-state index in [4.69, 9.17) is 11.6 Å². The first kappa shape index (κ1) is 12.6. The van der Waals surface area contributed by atoms with Crippen molar-refractivity contribution in [2.24, 2.45) is 5.10 Å². The molecule has 0 saturated carbocycles. The topological polar surface area (TPSA) is 24.4 Å². The minimum Gasteiger partial charge on any atom is -0.278 e. The van der Waals surface area contributed by atoms with E-state index in [0.717, 1.165) is 5.69 Å². The lowest BCUT2D eigenvalue weighted by Gasteiger charge is -2.04. The molecule has 0 atom stereocenters. The SMILES string of the molecule is C/C(=N/Nc1ccc(Cl)cc1)c1ccccc1F. The largest absolute Gasteiger partial charge is 0.278 e. The molecule has 0 unspecified atom stereocenters. The quantitative estimate of drug-likeness (QED) is 0.647. The number of hydrogen-bond acceptors (Lipinski definition) is 2. The second-order valence-corrected chi connectivity index (χ2v) is 4.23. The summed E-state index contributed by atoms with van der Waals surface area (Å²) in [5, 5.41) is 4.80. The smallest absolute Gasteiger partial charge is 0.132 e. The molecule has 0 spiro atoms. The Kier molecular flexibility index (Phi) is 3.95. The molecule has 0 saturated heterocycles. The Balaban J connectivity index is 2.14. The summed E-state index contributed by atoms with van der Waals surface area (Å²) in [5.41, 5.74) is 4.73. The van der Waals surface area contributed by atoms with Crippen LogP contribution in [0.1, 0.15) is 12.5 Å². The van der Waals surface area contributed by atoms with Gasteiger partial charge in [-0.05, 0) is 37.3 Å². The molecule has 0 aliphatic rings. The van der Waals surface area contributed by atoms with Crippen LogP contribution in [-0.2, 0) is 0 Å². The van der Waals surface area contributed by atoms with Gasteiger partial charge in [0.05, 0.1) is 11.4 Å². The third kappa shape index (κ3) is 3.08. The fourth-order valence-corrected chi connectivity index (χ4v) is 1.61. The minimum atomic E-state index is -0.281. The van der Waals surface area contributed by atoms with Gasteiger partial charge < -0.3 is 0 Å². The number of hydrogen-bond donors (Lipinski definition) is 1. The number of nitrogens with one attached hydrogen (secondary N) is 1. The van der Waals surface area contributed by atoms with E-state index < -0.39 is 0 Å². The van der Waals surface area contributed by atoms with Crippen LogP contribution in [0.3, 0.4) is 0 Å². The molecule has 2 rings (SSSR count). The maximum atomic E-state index is 13.5. The maximum absolute atomic E-state index is 13.5. The van der Waals surface area contributed by atoms with E-state index in [9.17, 15) is 4.39 Å². The average Bonchev–Trinajstić information content (AvgIpc) is 2.38. The number of rotatable bonds is 3. The van der Waals surface area contributed by atoms with Crippen molar-refractivity contribution in [2.75, 3.05) is 5.43 Å². The number of anilines is 1. The lowest BCUT2D eigenvalue weighted by atomic mass is 10.1. The molecule has 0 amide bonds. The van der Waals surface area contributed by atoms with E-state index in [0.29, 0.717) is 16.3 Å². The van der Waals surface area contributed by atoms with E-state index in [2.05, 4.69) is 10.5 Å². The Morgan fingerprint density at radius 3 is 2.44 bits per heavy atom. The van der Waals surface area contributed by atoms with Gasteiger partial charge in [0.1, 0.15) is 5.82 Å². The highest BCUT2D eigenvalue weighted by Gasteiger charge is 2.03. The van der Waals surface area contributed by atoms with Gasteiger partial charge in [0, 0.05) is 10.6 Å². The Morgan fingerprint density at radius 2 is 1.78 bits per heavy atom. The van der Waals surface area contributed by atoms with Crippen molar-refractivity contribution < 1.29 is 4.39 Å². The average molecular weight is 263 g/mol. The Hall–Kier alpha value is -1.87. The molecule has 2 nitrogen and oxygen atoms in total. The van der Waals surface area contributed by atoms with E-state index >= 15 is 0 Å². The fraction of sp³-hybridized carbons (Fsp3) is 0.0714. The molecule has 4 heteroatoms. The van der Waals surface area contributed by atoms with Crippen molar-refractivity contribution in [2.45, 2.75) is 6.92 Å². The zero-order valence-electron chi connectivity index (χ0n) is 9.82. The monoisotopic (exact) mass is 262 g/mol. The highest BCUT2D eigenvalue weighted by Crippen LogP contribution is 2.14. The summed E-state index contributed by atoms with van der Waals surface area (Å²) in [6, 6.07) is 13.7. The van der Waals surface area contributed by atoms with Crippen LogP contribution in [0.2, 0.25) is 5.02 Å². The van der Waals surface area contributed by atoms with Crippen LogP contribution >= 0.6 is 11.6 Å². The predicted molar refractivity (Wildman–Crippen MR) is 73.7 cm³/mol. The van der Waals surface area contributed by atoms with Crippen LogP contribution in [-0.4, -0.2) is 5.71 Å². The molecule has 0 fully saturated rings. The summed E-state index contributed by atoms with van der Waals surface area (Å²) in [6.45, 7) is 1.75. The van der Waals surface area contributed by atoms with Gasteiger partial charge in [-0.1, -0.05) is 29.8 Å². The second-order valence-electron chi connectivity index (χ2n) is 3.80. The summed E-state index contributed by atoms with van der Waals surface area (Å²) in [4.78, 5) is 0. The Morgan fingerprint density at radius 1 is 1.11 bits per heavy atom. The third-order valence-electron chi connectivity index (χ3n) is 2.46. The highest BCUT2D eigenvalue weighted by atomic mass is 35.5. The molecule has 0 heterocycles. The van der Waals surface area contributed by atoms with Crippen LogP contribution in [0, 0.1) is 5.82 Å². The van der Waals surface area contributed by atoms with Gasteiger partial charge in [0.15, 0.2) is 0 Å². The minimum absolute atomic E-state index is 0.281. The maximum Gasteiger partial charge on any atom is 0.132 e. The normalized spacial score (nSPS) is 11.4. The first-order chi connectivity index (χ1) is 8.66. The van der Waals surface area contributed by atoms with E-state index in [1.165, 1.54) is 6.07 Å². The first-order valence-corrected chi connectivity index (χ1v) is 5.85.